The molecule has 4 heteroatoms. The van der Waals surface area contributed by atoms with Gasteiger partial charge in [0.15, 0.2) is 11.0 Å². The van der Waals surface area contributed by atoms with Crippen LogP contribution >= 0.6 is 0 Å². The summed E-state index contributed by atoms with van der Waals surface area (Å²) in [7, 11) is 5.53. The number of hydrogen-bond acceptors (Lipinski definition) is 2. The van der Waals surface area contributed by atoms with Gasteiger partial charge in [0.05, 0.1) is 21.3 Å². The number of rotatable bonds is 4. The van der Waals surface area contributed by atoms with Crippen LogP contribution in [0, 0.1) is 0 Å². The Balaban J connectivity index is 1.71. The van der Waals surface area contributed by atoms with Crippen LogP contribution in [0.15, 0.2) is 78.9 Å². The minimum absolute atomic E-state index is 0.791. The number of benzene rings is 3. The summed E-state index contributed by atoms with van der Waals surface area (Å²) in [5.41, 5.74) is 7.22. The highest BCUT2D eigenvalue weighted by molar-refractivity contribution is 5.94. The molecule has 3 aromatic carbocycles. The normalized spacial score (nSPS) is 13.3. The van der Waals surface area contributed by atoms with Gasteiger partial charge in [0, 0.05) is 11.6 Å². The lowest BCUT2D eigenvalue weighted by atomic mass is 9.99. The Morgan fingerprint density at radius 2 is 1.35 bits per heavy atom. The lowest BCUT2D eigenvalue weighted by molar-refractivity contribution is -0.647. The van der Waals surface area contributed by atoms with E-state index in [0.29, 0.717) is 0 Å². The maximum Gasteiger partial charge on any atom is 0.283 e. The van der Waals surface area contributed by atoms with Crippen molar-refractivity contribution in [2.45, 2.75) is 6.54 Å². The number of ether oxygens (including phenoxy) is 2. The minimum atomic E-state index is 0.791. The zero-order chi connectivity index (χ0) is 21.4. The van der Waals surface area contributed by atoms with Gasteiger partial charge in [0.2, 0.25) is 0 Å². The number of allylic oxidation sites excluding steroid dienone is 3. The summed E-state index contributed by atoms with van der Waals surface area (Å²) in [5.74, 6) is 2.89. The molecule has 0 saturated carbocycles. The molecule has 0 aliphatic carbocycles. The van der Waals surface area contributed by atoms with E-state index in [2.05, 4.69) is 76.9 Å². The van der Waals surface area contributed by atoms with E-state index in [9.17, 15) is 0 Å². The number of nitrogens with zero attached hydrogens (tertiary/aromatic N) is 2. The molecule has 31 heavy (non-hydrogen) atoms. The van der Waals surface area contributed by atoms with Gasteiger partial charge in [0.25, 0.3) is 5.82 Å². The zero-order valence-electron chi connectivity index (χ0n) is 18.0. The molecule has 0 atom stereocenters. The highest BCUT2D eigenvalue weighted by Gasteiger charge is 2.25. The molecule has 5 rings (SSSR count). The van der Waals surface area contributed by atoms with Crippen molar-refractivity contribution in [3.63, 3.8) is 0 Å². The van der Waals surface area contributed by atoms with E-state index < -0.39 is 0 Å². The third kappa shape index (κ3) is 3.40. The average molecular weight is 410 g/mol. The van der Waals surface area contributed by atoms with Gasteiger partial charge in [-0.2, -0.15) is 0 Å². The predicted molar refractivity (Wildman–Crippen MR) is 125 cm³/mol. The highest BCUT2D eigenvalue weighted by atomic mass is 16.5. The van der Waals surface area contributed by atoms with Crippen LogP contribution < -0.4 is 14.0 Å². The number of fused-ring (bicyclic) bond motifs is 3. The second-order valence-electron chi connectivity index (χ2n) is 7.72. The van der Waals surface area contributed by atoms with Crippen LogP contribution in [0.4, 0.5) is 0 Å². The fraction of sp³-hybridized carbons (Fsp3) is 0.148. The SMILES string of the molecule is COc1ccc(C2=Cc3n(c4ccccc4[n+]3C)CC(c3ccc(OC)cc3)=C2)cc1. The topological polar surface area (TPSA) is 27.3 Å². The van der Waals surface area contributed by atoms with Crippen LogP contribution in [0.3, 0.4) is 0 Å². The Bertz CT molecular complexity index is 1310. The molecule has 0 radical (unpaired) electrons. The first-order chi connectivity index (χ1) is 15.2. The smallest absolute Gasteiger partial charge is 0.283 e. The molecule has 0 N–H and O–H groups in total. The Morgan fingerprint density at radius 1 is 0.742 bits per heavy atom. The fourth-order valence-electron chi connectivity index (χ4n) is 4.26. The van der Waals surface area contributed by atoms with Crippen molar-refractivity contribution in [3.05, 3.63) is 95.8 Å². The van der Waals surface area contributed by atoms with Gasteiger partial charge < -0.3 is 9.47 Å². The van der Waals surface area contributed by atoms with Crippen LogP contribution in [0.25, 0.3) is 28.3 Å². The molecule has 0 saturated heterocycles. The van der Waals surface area contributed by atoms with Crippen LogP contribution in [-0.4, -0.2) is 18.8 Å². The van der Waals surface area contributed by atoms with Crippen molar-refractivity contribution >= 4 is 28.3 Å². The lowest BCUT2D eigenvalue weighted by Gasteiger charge is -2.09. The fourth-order valence-corrected chi connectivity index (χ4v) is 4.26. The molecule has 1 aliphatic heterocycles. The van der Waals surface area contributed by atoms with E-state index in [1.54, 1.807) is 14.2 Å². The summed E-state index contributed by atoms with van der Waals surface area (Å²) in [5, 5.41) is 0. The van der Waals surface area contributed by atoms with E-state index in [1.807, 2.05) is 24.3 Å². The molecule has 0 unspecified atom stereocenters. The number of aromatic nitrogens is 2. The molecule has 1 aromatic heterocycles. The Morgan fingerprint density at radius 3 is 2.00 bits per heavy atom. The summed E-state index contributed by atoms with van der Waals surface area (Å²) in [6.07, 6.45) is 4.57. The number of hydrogen-bond donors (Lipinski definition) is 0. The van der Waals surface area contributed by atoms with Crippen molar-refractivity contribution in [2.75, 3.05) is 14.2 Å². The van der Waals surface area contributed by atoms with Crippen molar-refractivity contribution in [3.8, 4) is 11.5 Å². The van der Waals surface area contributed by atoms with Gasteiger partial charge in [-0.15, -0.1) is 0 Å². The first-order valence-electron chi connectivity index (χ1n) is 10.4. The lowest BCUT2D eigenvalue weighted by Crippen LogP contribution is -2.31. The highest BCUT2D eigenvalue weighted by Crippen LogP contribution is 2.32. The maximum atomic E-state index is 5.36. The minimum Gasteiger partial charge on any atom is -0.497 e. The number of imidazole rings is 1. The first kappa shape index (κ1) is 19.2. The summed E-state index contributed by atoms with van der Waals surface area (Å²) in [6.45, 7) is 0.791. The molecule has 0 spiro atoms. The number of para-hydroxylation sites is 2. The monoisotopic (exact) mass is 409 g/mol. The average Bonchev–Trinajstić information content (AvgIpc) is 2.97. The maximum absolute atomic E-state index is 5.36. The van der Waals surface area contributed by atoms with Crippen molar-refractivity contribution < 1.29 is 14.0 Å². The van der Waals surface area contributed by atoms with Gasteiger partial charge in [-0.3, -0.25) is 0 Å². The van der Waals surface area contributed by atoms with E-state index in [1.165, 1.54) is 33.6 Å². The van der Waals surface area contributed by atoms with Crippen LogP contribution in [0.2, 0.25) is 0 Å². The second-order valence-corrected chi connectivity index (χ2v) is 7.72. The molecule has 2 heterocycles. The van der Waals surface area contributed by atoms with E-state index in [-0.39, 0.29) is 0 Å². The van der Waals surface area contributed by atoms with Crippen molar-refractivity contribution in [2.24, 2.45) is 7.05 Å². The second kappa shape index (κ2) is 7.80. The zero-order valence-corrected chi connectivity index (χ0v) is 18.0. The molecule has 4 nitrogen and oxygen atoms in total. The Hall–Kier alpha value is -3.79. The van der Waals surface area contributed by atoms with Crippen molar-refractivity contribution in [1.29, 1.82) is 0 Å². The van der Waals surface area contributed by atoms with Gasteiger partial charge in [-0.25, -0.2) is 9.13 Å². The third-order valence-electron chi connectivity index (χ3n) is 5.98. The van der Waals surface area contributed by atoms with Gasteiger partial charge in [-0.05, 0) is 59.2 Å². The van der Waals surface area contributed by atoms with E-state index >= 15 is 0 Å². The summed E-state index contributed by atoms with van der Waals surface area (Å²) in [4.78, 5) is 0. The van der Waals surface area contributed by atoms with Gasteiger partial charge >= 0.3 is 0 Å². The van der Waals surface area contributed by atoms with Crippen LogP contribution in [0.1, 0.15) is 17.0 Å². The molecular formula is C27H25N2O2+. The van der Waals surface area contributed by atoms with Gasteiger partial charge in [0.1, 0.15) is 18.0 Å². The van der Waals surface area contributed by atoms with E-state index in [0.717, 1.165) is 23.6 Å². The molecule has 1 aliphatic rings. The Labute approximate surface area is 182 Å². The van der Waals surface area contributed by atoms with Crippen molar-refractivity contribution in [1.82, 2.24) is 4.57 Å². The summed E-state index contributed by atoms with van der Waals surface area (Å²) in [6, 6.07) is 25.1. The molecule has 4 aromatic rings. The molecule has 0 fully saturated rings. The largest absolute Gasteiger partial charge is 0.497 e. The molecule has 0 bridgehead atoms. The molecule has 0 amide bonds. The molecule has 154 valence electrons. The van der Waals surface area contributed by atoms with E-state index in [4.69, 9.17) is 9.47 Å². The first-order valence-corrected chi connectivity index (χ1v) is 10.4. The van der Waals surface area contributed by atoms with Gasteiger partial charge in [-0.1, -0.05) is 36.4 Å². The summed E-state index contributed by atoms with van der Waals surface area (Å²) >= 11 is 0. The standard InChI is InChI=1S/C27H25N2O2/c1-28-25-6-4-5-7-26(25)29-18-22(20-10-14-24(31-3)15-11-20)16-21(17-27(28)29)19-8-12-23(30-2)13-9-19/h4-17H,18H2,1-3H3/q+1. The van der Waals surface area contributed by atoms with Crippen LogP contribution in [0.5, 0.6) is 11.5 Å². The number of methoxy groups -OCH3 is 2. The summed E-state index contributed by atoms with van der Waals surface area (Å²) < 4.78 is 15.4. The third-order valence-corrected chi connectivity index (χ3v) is 5.98. The molecular weight excluding hydrogens is 384 g/mol. The quantitative estimate of drug-likeness (QED) is 0.438. The Kier molecular flexibility index (Phi) is 4.83. The van der Waals surface area contributed by atoms with Crippen LogP contribution in [-0.2, 0) is 13.6 Å². The predicted octanol–water partition coefficient (Wildman–Crippen LogP) is 5.12. The number of aryl methyl sites for hydroxylation is 1.